The number of hydrogen-bond acceptors (Lipinski definition) is 2. The molecule has 2 fully saturated rings. The predicted octanol–water partition coefficient (Wildman–Crippen LogP) is 7.33. The molecule has 1 saturated carbocycles. The van der Waals surface area contributed by atoms with Gasteiger partial charge in [0.05, 0.1) is 0 Å². The van der Waals surface area contributed by atoms with Gasteiger partial charge in [0.15, 0.2) is 0 Å². The first-order valence-electron chi connectivity index (χ1n) is 14.5. The molecule has 3 unspecified atom stereocenters. The smallest absolute Gasteiger partial charge is 0.253 e. The van der Waals surface area contributed by atoms with E-state index < -0.39 is 0 Å². The average molecular weight is 531 g/mol. The van der Waals surface area contributed by atoms with Gasteiger partial charge in [0, 0.05) is 25.2 Å². The molecular weight excluding hydrogens is 490 g/mol. The van der Waals surface area contributed by atoms with Gasteiger partial charge < -0.3 is 9.80 Å². The highest BCUT2D eigenvalue weighted by atomic mass is 19.1. The SMILES string of the molecule is CN(C(=O)c1cccc(F)c1)C1CC(CN2CCC(CCCc3ccc(F)cc3)CC2)C(c2ccccc2)C1. The van der Waals surface area contributed by atoms with Gasteiger partial charge in [-0.1, -0.05) is 55.0 Å². The number of hydrogen-bond donors (Lipinski definition) is 0. The van der Waals surface area contributed by atoms with Crippen molar-refractivity contribution < 1.29 is 13.6 Å². The normalized spacial score (nSPS) is 22.2. The fraction of sp³-hybridized carbons (Fsp3) is 0.441. The second-order valence-electron chi connectivity index (χ2n) is 11.6. The molecular formula is C34H40F2N2O. The Kier molecular flexibility index (Phi) is 9.08. The van der Waals surface area contributed by atoms with Gasteiger partial charge in [-0.15, -0.1) is 0 Å². The van der Waals surface area contributed by atoms with Gasteiger partial charge in [-0.25, -0.2) is 8.78 Å². The number of nitrogens with zero attached hydrogens (tertiary/aromatic N) is 2. The fourth-order valence-corrected chi connectivity index (χ4v) is 6.75. The van der Waals surface area contributed by atoms with Crippen molar-refractivity contribution in [2.75, 3.05) is 26.7 Å². The molecule has 3 nitrogen and oxygen atoms in total. The number of aryl methyl sites for hydroxylation is 1. The minimum Gasteiger partial charge on any atom is -0.339 e. The lowest BCUT2D eigenvalue weighted by atomic mass is 9.87. The van der Waals surface area contributed by atoms with Crippen LogP contribution in [0.4, 0.5) is 8.78 Å². The third-order valence-electron chi connectivity index (χ3n) is 9.03. The van der Waals surface area contributed by atoms with Gasteiger partial charge in [-0.2, -0.15) is 0 Å². The molecule has 0 spiro atoms. The Morgan fingerprint density at radius 1 is 0.897 bits per heavy atom. The molecule has 1 amide bonds. The van der Waals surface area contributed by atoms with E-state index in [1.54, 1.807) is 24.3 Å². The zero-order valence-electron chi connectivity index (χ0n) is 22.9. The minimum atomic E-state index is -0.375. The van der Waals surface area contributed by atoms with Crippen LogP contribution in [-0.2, 0) is 6.42 Å². The van der Waals surface area contributed by atoms with Crippen molar-refractivity contribution in [2.24, 2.45) is 11.8 Å². The first-order chi connectivity index (χ1) is 19.0. The van der Waals surface area contributed by atoms with Crippen molar-refractivity contribution in [1.29, 1.82) is 0 Å². The number of rotatable bonds is 9. The molecule has 0 aromatic heterocycles. The van der Waals surface area contributed by atoms with E-state index in [2.05, 4.69) is 35.2 Å². The molecule has 5 rings (SSSR count). The summed E-state index contributed by atoms with van der Waals surface area (Å²) >= 11 is 0. The molecule has 0 bridgehead atoms. The van der Waals surface area contributed by atoms with Crippen LogP contribution in [-0.4, -0.2) is 48.4 Å². The minimum absolute atomic E-state index is 0.103. The Hall–Kier alpha value is -3.05. The van der Waals surface area contributed by atoms with Gasteiger partial charge in [-0.3, -0.25) is 4.79 Å². The van der Waals surface area contributed by atoms with E-state index in [0.29, 0.717) is 17.4 Å². The summed E-state index contributed by atoms with van der Waals surface area (Å²) in [6, 6.07) is 23.8. The van der Waals surface area contributed by atoms with Crippen LogP contribution >= 0.6 is 0 Å². The van der Waals surface area contributed by atoms with Gasteiger partial charge >= 0.3 is 0 Å². The lowest BCUT2D eigenvalue weighted by Crippen LogP contribution is -2.38. The van der Waals surface area contributed by atoms with E-state index in [1.165, 1.54) is 42.5 Å². The molecule has 3 aromatic carbocycles. The number of halogens is 2. The van der Waals surface area contributed by atoms with Crippen molar-refractivity contribution >= 4 is 5.91 Å². The van der Waals surface area contributed by atoms with Crippen LogP contribution in [0.2, 0.25) is 0 Å². The number of benzene rings is 3. The summed E-state index contributed by atoms with van der Waals surface area (Å²) in [5, 5.41) is 0. The molecule has 3 atom stereocenters. The van der Waals surface area contributed by atoms with E-state index in [1.807, 2.05) is 24.1 Å². The van der Waals surface area contributed by atoms with Crippen molar-refractivity contribution in [3.05, 3.63) is 107 Å². The Morgan fingerprint density at radius 3 is 2.36 bits per heavy atom. The Morgan fingerprint density at radius 2 is 1.64 bits per heavy atom. The maximum atomic E-state index is 13.8. The number of carbonyl (C=O) groups excluding carboxylic acids is 1. The largest absolute Gasteiger partial charge is 0.339 e. The van der Waals surface area contributed by atoms with Crippen LogP contribution in [0.1, 0.15) is 65.9 Å². The number of carbonyl (C=O) groups is 1. The van der Waals surface area contributed by atoms with Crippen LogP contribution in [0.25, 0.3) is 0 Å². The highest BCUT2D eigenvalue weighted by molar-refractivity contribution is 5.94. The third-order valence-corrected chi connectivity index (χ3v) is 9.03. The monoisotopic (exact) mass is 530 g/mol. The Labute approximate surface area is 231 Å². The van der Waals surface area contributed by atoms with E-state index in [-0.39, 0.29) is 23.6 Å². The molecule has 39 heavy (non-hydrogen) atoms. The number of piperidine rings is 1. The molecule has 1 aliphatic heterocycles. The van der Waals surface area contributed by atoms with E-state index >= 15 is 0 Å². The van der Waals surface area contributed by atoms with Gasteiger partial charge in [0.1, 0.15) is 11.6 Å². The van der Waals surface area contributed by atoms with Gasteiger partial charge in [0.25, 0.3) is 5.91 Å². The lowest BCUT2D eigenvalue weighted by Gasteiger charge is -2.35. The van der Waals surface area contributed by atoms with E-state index in [4.69, 9.17) is 0 Å². The van der Waals surface area contributed by atoms with Crippen LogP contribution in [0.15, 0.2) is 78.9 Å². The van der Waals surface area contributed by atoms with Crippen LogP contribution in [0, 0.1) is 23.5 Å². The number of likely N-dealkylation sites (tertiary alicyclic amines) is 1. The Bertz CT molecular complexity index is 1210. The highest BCUT2D eigenvalue weighted by Gasteiger charge is 2.39. The molecule has 0 N–H and O–H groups in total. The van der Waals surface area contributed by atoms with E-state index in [9.17, 15) is 13.6 Å². The van der Waals surface area contributed by atoms with Crippen molar-refractivity contribution in [3.63, 3.8) is 0 Å². The lowest BCUT2D eigenvalue weighted by molar-refractivity contribution is 0.0728. The zero-order chi connectivity index (χ0) is 27.2. The first-order valence-corrected chi connectivity index (χ1v) is 14.5. The summed E-state index contributed by atoms with van der Waals surface area (Å²) in [4.78, 5) is 17.7. The highest BCUT2D eigenvalue weighted by Crippen LogP contribution is 2.42. The quantitative estimate of drug-likeness (QED) is 0.289. The molecule has 0 radical (unpaired) electrons. The van der Waals surface area contributed by atoms with E-state index in [0.717, 1.165) is 51.2 Å². The van der Waals surface area contributed by atoms with Crippen LogP contribution in [0.5, 0.6) is 0 Å². The standard InChI is InChI=1S/C34H40F2N2O/c1-37(34(39)28-11-6-12-31(36)21-28)32-22-29(33(23-32)27-9-3-2-4-10-27)24-38-19-17-26(18-20-38)8-5-7-25-13-15-30(35)16-14-25/h2-4,6,9-16,21,26,29,32-33H,5,7-8,17-20,22-24H2,1H3. The number of amides is 1. The van der Waals surface area contributed by atoms with Gasteiger partial charge in [0.2, 0.25) is 0 Å². The summed E-state index contributed by atoms with van der Waals surface area (Å²) in [5.41, 5.74) is 2.99. The molecule has 206 valence electrons. The second kappa shape index (κ2) is 12.9. The second-order valence-corrected chi connectivity index (χ2v) is 11.6. The van der Waals surface area contributed by atoms with Crippen molar-refractivity contribution in [2.45, 2.75) is 56.9 Å². The first kappa shape index (κ1) is 27.5. The topological polar surface area (TPSA) is 23.6 Å². The summed E-state index contributed by atoms with van der Waals surface area (Å²) in [6.07, 6.45) is 7.77. The third kappa shape index (κ3) is 7.13. The molecule has 5 heteroatoms. The maximum Gasteiger partial charge on any atom is 0.253 e. The van der Waals surface area contributed by atoms with Crippen LogP contribution < -0.4 is 0 Å². The van der Waals surface area contributed by atoms with Crippen molar-refractivity contribution in [1.82, 2.24) is 9.80 Å². The fourth-order valence-electron chi connectivity index (χ4n) is 6.75. The Balaban J connectivity index is 1.16. The zero-order valence-corrected chi connectivity index (χ0v) is 22.9. The summed E-state index contributed by atoms with van der Waals surface area (Å²) in [7, 11) is 1.87. The molecule has 1 aliphatic carbocycles. The van der Waals surface area contributed by atoms with Crippen molar-refractivity contribution in [3.8, 4) is 0 Å². The maximum absolute atomic E-state index is 13.8. The molecule has 3 aromatic rings. The van der Waals surface area contributed by atoms with Crippen LogP contribution in [0.3, 0.4) is 0 Å². The van der Waals surface area contributed by atoms with Gasteiger partial charge in [-0.05, 0) is 111 Å². The molecule has 2 aliphatic rings. The summed E-state index contributed by atoms with van der Waals surface area (Å²) in [5.74, 6) is 1.01. The molecule has 1 heterocycles. The summed E-state index contributed by atoms with van der Waals surface area (Å²) < 4.78 is 26.9. The summed E-state index contributed by atoms with van der Waals surface area (Å²) in [6.45, 7) is 3.31. The predicted molar refractivity (Wildman–Crippen MR) is 153 cm³/mol. The molecule has 1 saturated heterocycles. The average Bonchev–Trinajstić information content (AvgIpc) is 3.38.